The van der Waals surface area contributed by atoms with Crippen LogP contribution in [0.4, 0.5) is 0 Å². The molecule has 2 atom stereocenters. The van der Waals surface area contributed by atoms with Crippen LogP contribution in [0, 0.1) is 0 Å². The Morgan fingerprint density at radius 1 is 0.931 bits per heavy atom. The number of methoxy groups -OCH3 is 1. The Kier molecular flexibility index (Phi) is 7.73. The van der Waals surface area contributed by atoms with Crippen LogP contribution in [-0.4, -0.2) is 19.8 Å². The van der Waals surface area contributed by atoms with E-state index in [4.69, 9.17) is 9.47 Å². The van der Waals surface area contributed by atoms with Gasteiger partial charge < -0.3 is 14.8 Å². The molecule has 0 aliphatic carbocycles. The Hall–Kier alpha value is -2.30. The fourth-order valence-corrected chi connectivity index (χ4v) is 4.35. The molecule has 1 aromatic heterocycles. The molecule has 154 valence electrons. The Morgan fingerprint density at radius 2 is 1.69 bits per heavy atom. The molecule has 0 spiro atoms. The van der Waals surface area contributed by atoms with Gasteiger partial charge in [0.05, 0.1) is 13.2 Å². The highest BCUT2D eigenvalue weighted by Crippen LogP contribution is 2.35. The molecule has 2 aromatic carbocycles. The van der Waals surface area contributed by atoms with Crippen LogP contribution in [0.15, 0.2) is 66.0 Å². The van der Waals surface area contributed by atoms with Crippen molar-refractivity contribution in [3.63, 3.8) is 0 Å². The van der Waals surface area contributed by atoms with Crippen LogP contribution in [0.3, 0.4) is 0 Å². The molecule has 0 fully saturated rings. The van der Waals surface area contributed by atoms with Gasteiger partial charge in [-0.1, -0.05) is 36.4 Å². The lowest BCUT2D eigenvalue weighted by Gasteiger charge is -2.22. The highest BCUT2D eigenvalue weighted by atomic mass is 32.1. The van der Waals surface area contributed by atoms with Crippen LogP contribution in [0.2, 0.25) is 0 Å². The molecule has 1 N–H and O–H groups in total. The van der Waals surface area contributed by atoms with Crippen LogP contribution in [0.5, 0.6) is 11.5 Å². The van der Waals surface area contributed by atoms with Crippen molar-refractivity contribution in [1.82, 2.24) is 5.32 Å². The number of rotatable bonds is 10. The molecule has 0 bridgehead atoms. The summed E-state index contributed by atoms with van der Waals surface area (Å²) in [7, 11) is 1.74. The quantitative estimate of drug-likeness (QED) is 0.419. The molecule has 0 unspecified atom stereocenters. The lowest BCUT2D eigenvalue weighted by Crippen LogP contribution is -2.21. The van der Waals surface area contributed by atoms with E-state index < -0.39 is 0 Å². The van der Waals surface area contributed by atoms with E-state index in [2.05, 4.69) is 66.2 Å². The van der Waals surface area contributed by atoms with Gasteiger partial charge in [0.15, 0.2) is 0 Å². The van der Waals surface area contributed by atoms with Gasteiger partial charge in [0.2, 0.25) is 0 Å². The zero-order valence-electron chi connectivity index (χ0n) is 17.7. The first-order chi connectivity index (χ1) is 14.1. The van der Waals surface area contributed by atoms with Crippen molar-refractivity contribution in [1.29, 1.82) is 0 Å². The van der Waals surface area contributed by atoms with Gasteiger partial charge in [-0.15, -0.1) is 11.3 Å². The molecule has 0 aliphatic heterocycles. The van der Waals surface area contributed by atoms with Crippen LogP contribution in [0.1, 0.15) is 55.2 Å². The van der Waals surface area contributed by atoms with Crippen LogP contribution in [0.25, 0.3) is 0 Å². The van der Waals surface area contributed by atoms with Crippen LogP contribution < -0.4 is 14.8 Å². The van der Waals surface area contributed by atoms with Crippen molar-refractivity contribution in [2.24, 2.45) is 0 Å². The minimum absolute atomic E-state index is 0.175. The zero-order valence-corrected chi connectivity index (χ0v) is 18.5. The monoisotopic (exact) mass is 409 g/mol. The minimum Gasteiger partial charge on any atom is -0.496 e. The summed E-state index contributed by atoms with van der Waals surface area (Å²) in [5.41, 5.74) is 2.49. The summed E-state index contributed by atoms with van der Waals surface area (Å²) in [6, 6.07) is 21.5. The van der Waals surface area contributed by atoms with Gasteiger partial charge in [0.25, 0.3) is 0 Å². The highest BCUT2D eigenvalue weighted by molar-refractivity contribution is 7.10. The topological polar surface area (TPSA) is 30.5 Å². The summed E-state index contributed by atoms with van der Waals surface area (Å²) in [5, 5.41) is 5.81. The second-order valence-corrected chi connectivity index (χ2v) is 8.49. The third-order valence-corrected chi connectivity index (χ3v) is 6.08. The summed E-state index contributed by atoms with van der Waals surface area (Å²) in [4.78, 5) is 1.37. The maximum atomic E-state index is 5.82. The molecule has 1 heterocycles. The number of ether oxygens (including phenoxy) is 2. The Bertz CT molecular complexity index is 859. The average molecular weight is 410 g/mol. The molecule has 0 amide bonds. The van der Waals surface area contributed by atoms with E-state index >= 15 is 0 Å². The molecule has 29 heavy (non-hydrogen) atoms. The zero-order chi connectivity index (χ0) is 20.6. The normalized spacial score (nSPS) is 13.3. The van der Waals surface area contributed by atoms with Gasteiger partial charge in [-0.05, 0) is 68.9 Å². The standard InChI is InChI=1S/C25H31NO2S/c1-18(2)28-21-13-11-20(12-14-21)22(23-8-5-6-9-24(23)27-4)15-16-26-19(3)25-10-7-17-29-25/h5-14,17-19,22,26H,15-16H2,1-4H3/t19-,22+/m0/s1. The second-order valence-electron chi connectivity index (χ2n) is 7.51. The largest absolute Gasteiger partial charge is 0.496 e. The van der Waals surface area contributed by atoms with Crippen molar-refractivity contribution < 1.29 is 9.47 Å². The number of nitrogens with one attached hydrogen (secondary N) is 1. The van der Waals surface area contributed by atoms with Gasteiger partial charge >= 0.3 is 0 Å². The second kappa shape index (κ2) is 10.5. The average Bonchev–Trinajstić information content (AvgIpc) is 3.26. The number of hydrogen-bond donors (Lipinski definition) is 1. The minimum atomic E-state index is 0.175. The summed E-state index contributed by atoms with van der Waals surface area (Å²) < 4.78 is 11.5. The van der Waals surface area contributed by atoms with E-state index in [1.54, 1.807) is 18.4 Å². The number of benzene rings is 2. The molecule has 3 nitrogen and oxygen atoms in total. The van der Waals surface area contributed by atoms with Crippen LogP contribution >= 0.6 is 11.3 Å². The molecule has 4 heteroatoms. The predicted molar refractivity (Wildman–Crippen MR) is 122 cm³/mol. The van der Waals surface area contributed by atoms with E-state index in [-0.39, 0.29) is 12.0 Å². The maximum absolute atomic E-state index is 5.82. The van der Waals surface area contributed by atoms with Gasteiger partial charge in [0, 0.05) is 22.4 Å². The van der Waals surface area contributed by atoms with Crippen molar-refractivity contribution in [2.75, 3.05) is 13.7 Å². The molecule has 0 aliphatic rings. The molecular formula is C25H31NO2S. The van der Waals surface area contributed by atoms with E-state index in [9.17, 15) is 0 Å². The Labute approximate surface area is 178 Å². The van der Waals surface area contributed by atoms with Gasteiger partial charge in [-0.3, -0.25) is 0 Å². The Morgan fingerprint density at radius 3 is 2.34 bits per heavy atom. The molecule has 0 saturated heterocycles. The summed E-state index contributed by atoms with van der Waals surface area (Å²) in [6.07, 6.45) is 1.16. The first-order valence-electron chi connectivity index (χ1n) is 10.2. The van der Waals surface area contributed by atoms with Crippen molar-refractivity contribution in [2.45, 2.75) is 45.3 Å². The van der Waals surface area contributed by atoms with Crippen molar-refractivity contribution >= 4 is 11.3 Å². The van der Waals surface area contributed by atoms with E-state index in [0.717, 1.165) is 24.5 Å². The van der Waals surface area contributed by atoms with Gasteiger partial charge in [-0.25, -0.2) is 0 Å². The molecule has 0 saturated carbocycles. The highest BCUT2D eigenvalue weighted by Gasteiger charge is 2.19. The van der Waals surface area contributed by atoms with Gasteiger partial charge in [0.1, 0.15) is 11.5 Å². The number of hydrogen-bond acceptors (Lipinski definition) is 4. The third-order valence-electron chi connectivity index (χ3n) is 5.02. The molecular weight excluding hydrogens is 378 g/mol. The smallest absolute Gasteiger partial charge is 0.122 e. The molecule has 3 rings (SSSR count). The fraction of sp³-hybridized carbons (Fsp3) is 0.360. The predicted octanol–water partition coefficient (Wildman–Crippen LogP) is 6.42. The number of thiophene rings is 1. The molecule has 3 aromatic rings. The van der Waals surface area contributed by atoms with Gasteiger partial charge in [-0.2, -0.15) is 0 Å². The number of para-hydroxylation sites is 1. The maximum Gasteiger partial charge on any atom is 0.122 e. The Balaban J connectivity index is 1.78. The van der Waals surface area contributed by atoms with E-state index in [1.165, 1.54) is 16.0 Å². The lowest BCUT2D eigenvalue weighted by atomic mass is 9.87. The molecule has 0 radical (unpaired) electrons. The van der Waals surface area contributed by atoms with E-state index in [0.29, 0.717) is 6.04 Å². The van der Waals surface area contributed by atoms with Crippen LogP contribution in [-0.2, 0) is 0 Å². The summed E-state index contributed by atoms with van der Waals surface area (Å²) >= 11 is 1.80. The summed E-state index contributed by atoms with van der Waals surface area (Å²) in [6.45, 7) is 7.24. The SMILES string of the molecule is COc1ccccc1[C@H](CCN[C@@H](C)c1cccs1)c1ccc(OC(C)C)cc1. The third kappa shape index (κ3) is 5.84. The first-order valence-corrected chi connectivity index (χ1v) is 11.1. The van der Waals surface area contributed by atoms with E-state index in [1.807, 2.05) is 26.0 Å². The first kappa shape index (κ1) is 21.4. The van der Waals surface area contributed by atoms with Crippen molar-refractivity contribution in [3.8, 4) is 11.5 Å². The summed E-state index contributed by atoms with van der Waals surface area (Å²) in [5.74, 6) is 2.10. The fourth-order valence-electron chi connectivity index (χ4n) is 3.59. The van der Waals surface area contributed by atoms with Crippen molar-refractivity contribution in [3.05, 3.63) is 82.0 Å². The lowest BCUT2D eigenvalue weighted by molar-refractivity contribution is 0.242.